The van der Waals surface area contributed by atoms with Crippen molar-refractivity contribution < 1.29 is 14.3 Å². The fraction of sp³-hybridized carbons (Fsp3) is 0.600. The molecule has 14 heavy (non-hydrogen) atoms. The number of hydrogen-bond donors (Lipinski definition) is 0. The first kappa shape index (κ1) is 10.9. The van der Waals surface area contributed by atoms with Gasteiger partial charge in [-0.05, 0) is 13.5 Å². The van der Waals surface area contributed by atoms with Crippen LogP contribution in [0, 0.1) is 0 Å². The average molecular weight is 197 g/mol. The van der Waals surface area contributed by atoms with E-state index in [9.17, 15) is 9.59 Å². The molecule has 1 saturated heterocycles. The maximum Gasteiger partial charge on any atom is 0.323 e. The van der Waals surface area contributed by atoms with Crippen molar-refractivity contribution in [2.24, 2.45) is 0 Å². The van der Waals surface area contributed by atoms with E-state index in [2.05, 4.69) is 6.58 Å². The van der Waals surface area contributed by atoms with Crippen LogP contribution >= 0.6 is 0 Å². The number of ether oxygens (including phenoxy) is 1. The summed E-state index contributed by atoms with van der Waals surface area (Å²) in [6.07, 6.45) is 2.56. The second kappa shape index (κ2) is 4.91. The molecule has 1 unspecified atom stereocenters. The van der Waals surface area contributed by atoms with Gasteiger partial charge in [0.25, 0.3) is 0 Å². The van der Waals surface area contributed by atoms with Crippen LogP contribution in [-0.4, -0.2) is 42.9 Å². The Morgan fingerprint density at radius 1 is 1.79 bits per heavy atom. The van der Waals surface area contributed by atoms with E-state index in [4.69, 9.17) is 4.74 Å². The van der Waals surface area contributed by atoms with Crippen LogP contribution in [0.25, 0.3) is 0 Å². The van der Waals surface area contributed by atoms with Crippen LogP contribution in [0.1, 0.15) is 12.8 Å². The van der Waals surface area contributed by atoms with Crippen LogP contribution in [0.4, 0.5) is 0 Å². The van der Waals surface area contributed by atoms with Crippen molar-refractivity contribution >= 4 is 11.8 Å². The fourth-order valence-electron chi connectivity index (χ4n) is 1.52. The first-order valence-corrected chi connectivity index (χ1v) is 4.64. The summed E-state index contributed by atoms with van der Waals surface area (Å²) in [5, 5.41) is 0. The molecule has 1 aliphatic heterocycles. The van der Waals surface area contributed by atoms with Gasteiger partial charge in [0, 0.05) is 6.42 Å². The number of nitrogens with zero attached hydrogens (tertiary/aromatic N) is 1. The number of ketones is 1. The minimum Gasteiger partial charge on any atom is -0.460 e. The third-order valence-corrected chi connectivity index (χ3v) is 2.27. The lowest BCUT2D eigenvalue weighted by Crippen LogP contribution is -2.46. The smallest absolute Gasteiger partial charge is 0.323 e. The third-order valence-electron chi connectivity index (χ3n) is 2.27. The number of esters is 1. The van der Waals surface area contributed by atoms with E-state index in [1.807, 2.05) is 0 Å². The zero-order valence-electron chi connectivity index (χ0n) is 8.36. The lowest BCUT2D eigenvalue weighted by Gasteiger charge is -2.29. The molecular weight excluding hydrogens is 182 g/mol. The summed E-state index contributed by atoms with van der Waals surface area (Å²) in [6.45, 7) is 4.04. The highest BCUT2D eigenvalue weighted by Crippen LogP contribution is 2.13. The van der Waals surface area contributed by atoms with E-state index in [0.29, 0.717) is 19.4 Å². The van der Waals surface area contributed by atoms with Gasteiger partial charge in [-0.3, -0.25) is 14.5 Å². The Labute approximate surface area is 83.5 Å². The lowest BCUT2D eigenvalue weighted by atomic mass is 10.0. The molecule has 0 aromatic rings. The molecule has 0 N–H and O–H groups in total. The molecule has 1 fully saturated rings. The molecule has 0 radical (unpaired) electrons. The number of carbonyl (C=O) groups is 2. The van der Waals surface area contributed by atoms with Gasteiger partial charge in [-0.25, -0.2) is 0 Å². The van der Waals surface area contributed by atoms with Gasteiger partial charge >= 0.3 is 5.97 Å². The molecule has 0 spiro atoms. The van der Waals surface area contributed by atoms with Crippen LogP contribution in [-0.2, 0) is 14.3 Å². The van der Waals surface area contributed by atoms with Gasteiger partial charge < -0.3 is 4.74 Å². The summed E-state index contributed by atoms with van der Waals surface area (Å²) in [5.74, 6) is -0.0832. The average Bonchev–Trinajstić information content (AvgIpc) is 2.14. The Balaban J connectivity index is 2.46. The molecule has 0 amide bonds. The molecule has 4 nitrogen and oxygen atoms in total. The van der Waals surface area contributed by atoms with Crippen molar-refractivity contribution in [3.63, 3.8) is 0 Å². The minimum absolute atomic E-state index is 0.181. The molecule has 1 heterocycles. The largest absolute Gasteiger partial charge is 0.460 e. The quantitative estimate of drug-likeness (QED) is 0.484. The molecule has 0 aliphatic carbocycles. The summed E-state index contributed by atoms with van der Waals surface area (Å²) in [7, 11) is 1.76. The van der Waals surface area contributed by atoms with Crippen LogP contribution in [0.2, 0.25) is 0 Å². The second-order valence-electron chi connectivity index (χ2n) is 3.43. The first-order valence-electron chi connectivity index (χ1n) is 4.64. The van der Waals surface area contributed by atoms with Gasteiger partial charge in [-0.2, -0.15) is 0 Å². The summed E-state index contributed by atoms with van der Waals surface area (Å²) in [5.41, 5.74) is 0. The summed E-state index contributed by atoms with van der Waals surface area (Å²) in [6, 6.07) is -0.271. The van der Waals surface area contributed by atoms with E-state index in [-0.39, 0.29) is 24.4 Å². The molecule has 1 aliphatic rings. The molecule has 1 atom stereocenters. The van der Waals surface area contributed by atoms with Gasteiger partial charge in [-0.1, -0.05) is 12.7 Å². The Kier molecular flexibility index (Phi) is 3.83. The van der Waals surface area contributed by atoms with Crippen molar-refractivity contribution in [2.45, 2.75) is 18.9 Å². The minimum atomic E-state index is -0.271. The zero-order chi connectivity index (χ0) is 10.6. The van der Waals surface area contributed by atoms with E-state index in [1.165, 1.54) is 6.08 Å². The molecule has 0 aromatic carbocycles. The predicted molar refractivity (Wildman–Crippen MR) is 51.8 cm³/mol. The monoisotopic (exact) mass is 197 g/mol. The second-order valence-corrected chi connectivity index (χ2v) is 3.43. The Morgan fingerprint density at radius 2 is 2.50 bits per heavy atom. The molecule has 0 aromatic heterocycles. The standard InChI is InChI=1S/C10H15NO3/c1-3-6-14-10(13)9-5-4-8(12)7-11(9)2/h3,9H,1,4-7H2,2H3. The Morgan fingerprint density at radius 3 is 3.07 bits per heavy atom. The van der Waals surface area contributed by atoms with Crippen molar-refractivity contribution in [2.75, 3.05) is 20.2 Å². The van der Waals surface area contributed by atoms with E-state index < -0.39 is 0 Å². The molecule has 4 heteroatoms. The normalized spacial score (nSPS) is 23.2. The predicted octanol–water partition coefficient (Wildman–Crippen LogP) is 0.379. The van der Waals surface area contributed by atoms with Crippen LogP contribution in [0.5, 0.6) is 0 Å². The highest BCUT2D eigenvalue weighted by Gasteiger charge is 2.30. The van der Waals surface area contributed by atoms with Crippen LogP contribution in [0.15, 0.2) is 12.7 Å². The zero-order valence-corrected chi connectivity index (χ0v) is 8.36. The number of hydrogen-bond acceptors (Lipinski definition) is 4. The molecule has 1 rings (SSSR count). The van der Waals surface area contributed by atoms with Crippen molar-refractivity contribution in [3.05, 3.63) is 12.7 Å². The Hall–Kier alpha value is -1.16. The number of carbonyl (C=O) groups excluding carboxylic acids is 2. The van der Waals surface area contributed by atoms with Gasteiger partial charge in [0.1, 0.15) is 18.4 Å². The topological polar surface area (TPSA) is 46.6 Å². The van der Waals surface area contributed by atoms with Crippen LogP contribution in [0.3, 0.4) is 0 Å². The van der Waals surface area contributed by atoms with E-state index in [0.717, 1.165) is 0 Å². The maximum absolute atomic E-state index is 11.5. The summed E-state index contributed by atoms with van der Waals surface area (Å²) in [4.78, 5) is 24.2. The van der Waals surface area contributed by atoms with Crippen molar-refractivity contribution in [1.82, 2.24) is 4.90 Å². The molecule has 78 valence electrons. The maximum atomic E-state index is 11.5. The SMILES string of the molecule is C=CCOC(=O)C1CCC(=O)CN1C. The number of piperidine rings is 1. The van der Waals surface area contributed by atoms with Gasteiger partial charge in [0.05, 0.1) is 6.54 Å². The lowest BCUT2D eigenvalue weighted by molar-refractivity contribution is -0.150. The first-order chi connectivity index (χ1) is 6.65. The summed E-state index contributed by atoms with van der Waals surface area (Å²) < 4.78 is 4.93. The third kappa shape index (κ3) is 2.67. The number of likely N-dealkylation sites (N-methyl/N-ethyl adjacent to an activating group) is 1. The van der Waals surface area contributed by atoms with Crippen molar-refractivity contribution in [1.29, 1.82) is 0 Å². The fourth-order valence-corrected chi connectivity index (χ4v) is 1.52. The van der Waals surface area contributed by atoms with Crippen molar-refractivity contribution in [3.8, 4) is 0 Å². The Bertz CT molecular complexity index is 250. The summed E-state index contributed by atoms with van der Waals surface area (Å²) >= 11 is 0. The van der Waals surface area contributed by atoms with Gasteiger partial charge in [-0.15, -0.1) is 0 Å². The van der Waals surface area contributed by atoms with Gasteiger partial charge in [0.15, 0.2) is 0 Å². The molecule has 0 saturated carbocycles. The highest BCUT2D eigenvalue weighted by molar-refractivity contribution is 5.85. The molecular formula is C10H15NO3. The number of likely N-dealkylation sites (tertiary alicyclic amines) is 1. The number of Topliss-reactive ketones (excluding diaryl/α,β-unsaturated/α-hetero) is 1. The number of rotatable bonds is 3. The van der Waals surface area contributed by atoms with E-state index >= 15 is 0 Å². The highest BCUT2D eigenvalue weighted by atomic mass is 16.5. The van der Waals surface area contributed by atoms with Crippen LogP contribution < -0.4 is 0 Å². The van der Waals surface area contributed by atoms with E-state index in [1.54, 1.807) is 11.9 Å². The molecule has 0 bridgehead atoms. The van der Waals surface area contributed by atoms with Gasteiger partial charge in [0.2, 0.25) is 0 Å².